The molecule has 0 aliphatic heterocycles. The number of rotatable bonds is 7. The fraction of sp³-hybridized carbons (Fsp3) is 0.588. The number of aromatic nitrogens is 2. The Kier molecular flexibility index (Phi) is 6.44. The third-order valence-electron chi connectivity index (χ3n) is 4.78. The van der Waals surface area contributed by atoms with E-state index in [9.17, 15) is 4.79 Å². The second-order valence-electron chi connectivity index (χ2n) is 6.67. The Morgan fingerprint density at radius 3 is 2.62 bits per heavy atom. The van der Waals surface area contributed by atoms with Crippen molar-refractivity contribution < 1.29 is 14.3 Å². The van der Waals surface area contributed by atoms with Gasteiger partial charge in [-0.05, 0) is 38.2 Å². The molecule has 1 amide bonds. The van der Waals surface area contributed by atoms with Crippen molar-refractivity contribution >= 4 is 39.9 Å². The van der Waals surface area contributed by atoms with Crippen LogP contribution in [0.4, 0.5) is 0 Å². The zero-order chi connectivity index (χ0) is 18.2. The molecule has 9 heteroatoms. The van der Waals surface area contributed by atoms with Gasteiger partial charge in [-0.3, -0.25) is 4.79 Å². The molecular formula is C17H25ClN4O3S. The van der Waals surface area contributed by atoms with Crippen molar-refractivity contribution in [2.45, 2.75) is 38.8 Å². The van der Waals surface area contributed by atoms with Gasteiger partial charge in [0.25, 0.3) is 5.91 Å². The molecular weight excluding hydrogens is 376 g/mol. The normalized spacial score (nSPS) is 16.0. The number of carbonyl (C=O) groups excluding carboxylic acids is 1. The number of hydrogen-bond donors (Lipinski definition) is 2. The van der Waals surface area contributed by atoms with Crippen LogP contribution in [0.3, 0.4) is 0 Å². The average molecular weight is 401 g/mol. The van der Waals surface area contributed by atoms with E-state index in [1.54, 1.807) is 14.2 Å². The average Bonchev–Trinajstić information content (AvgIpc) is 3.39. The summed E-state index contributed by atoms with van der Waals surface area (Å²) in [7, 11) is 3.15. The van der Waals surface area contributed by atoms with E-state index in [2.05, 4.69) is 15.3 Å². The lowest BCUT2D eigenvalue weighted by Crippen LogP contribution is -2.53. The highest BCUT2D eigenvalue weighted by Gasteiger charge is 2.42. The second kappa shape index (κ2) is 8.04. The highest BCUT2D eigenvalue weighted by molar-refractivity contribution is 7.20. The zero-order valence-electron chi connectivity index (χ0n) is 15.4. The van der Waals surface area contributed by atoms with Crippen LogP contribution in [0.25, 0.3) is 10.2 Å². The van der Waals surface area contributed by atoms with E-state index in [1.165, 1.54) is 11.3 Å². The molecule has 0 saturated heterocycles. The predicted molar refractivity (Wildman–Crippen MR) is 104 cm³/mol. The van der Waals surface area contributed by atoms with Crippen LogP contribution >= 0.6 is 23.7 Å². The number of halogens is 1. The van der Waals surface area contributed by atoms with Crippen LogP contribution in [-0.4, -0.2) is 42.2 Å². The van der Waals surface area contributed by atoms with Crippen LogP contribution < -0.4 is 15.8 Å². The summed E-state index contributed by atoms with van der Waals surface area (Å²) in [5.41, 5.74) is 6.38. The zero-order valence-corrected chi connectivity index (χ0v) is 17.1. The Morgan fingerprint density at radius 2 is 2.08 bits per heavy atom. The Labute approximate surface area is 163 Å². The van der Waals surface area contributed by atoms with Gasteiger partial charge in [-0.2, -0.15) is 4.98 Å². The predicted octanol–water partition coefficient (Wildman–Crippen LogP) is 2.43. The van der Waals surface area contributed by atoms with E-state index in [1.807, 2.05) is 13.8 Å². The molecule has 0 aromatic carbocycles. The van der Waals surface area contributed by atoms with Crippen molar-refractivity contribution in [2.24, 2.45) is 11.7 Å². The number of nitrogens with two attached hydrogens (primary N) is 1. The molecule has 7 nitrogen and oxygen atoms in total. The summed E-state index contributed by atoms with van der Waals surface area (Å²) in [6, 6.07) is 0. The Bertz CT molecular complexity index is 809. The van der Waals surface area contributed by atoms with Crippen molar-refractivity contribution in [3.63, 3.8) is 0 Å². The van der Waals surface area contributed by atoms with Crippen molar-refractivity contribution in [2.75, 3.05) is 20.8 Å². The van der Waals surface area contributed by atoms with Gasteiger partial charge in [0.1, 0.15) is 11.4 Å². The van der Waals surface area contributed by atoms with E-state index < -0.39 is 0 Å². The first kappa shape index (κ1) is 20.8. The smallest absolute Gasteiger partial charge is 0.262 e. The SMILES string of the molecule is COCc1nc(OC)c2c(C)c(C(=O)NC(C)(CN)C3CC3)sc2n1.Cl. The maximum Gasteiger partial charge on any atom is 0.262 e. The number of ether oxygens (including phenoxy) is 2. The van der Waals surface area contributed by atoms with Gasteiger partial charge in [0.2, 0.25) is 5.88 Å². The van der Waals surface area contributed by atoms with Crippen molar-refractivity contribution in [3.05, 3.63) is 16.3 Å². The van der Waals surface area contributed by atoms with Crippen molar-refractivity contribution in [1.29, 1.82) is 0 Å². The maximum absolute atomic E-state index is 12.9. The molecule has 3 rings (SSSR count). The molecule has 1 unspecified atom stereocenters. The number of nitrogens with zero attached hydrogens (tertiary/aromatic N) is 2. The Morgan fingerprint density at radius 1 is 1.38 bits per heavy atom. The summed E-state index contributed by atoms with van der Waals surface area (Å²) >= 11 is 1.35. The number of methoxy groups -OCH3 is 2. The summed E-state index contributed by atoms with van der Waals surface area (Å²) < 4.78 is 10.5. The Hall–Kier alpha value is -1.48. The number of hydrogen-bond acceptors (Lipinski definition) is 7. The van der Waals surface area contributed by atoms with Crippen LogP contribution in [0.1, 0.15) is 40.8 Å². The summed E-state index contributed by atoms with van der Waals surface area (Å²) in [6.07, 6.45) is 2.22. The molecule has 26 heavy (non-hydrogen) atoms. The van der Waals surface area contributed by atoms with Crippen LogP contribution in [-0.2, 0) is 11.3 Å². The van der Waals surface area contributed by atoms with Crippen LogP contribution in [0.5, 0.6) is 5.88 Å². The highest BCUT2D eigenvalue weighted by Crippen LogP contribution is 2.40. The van der Waals surface area contributed by atoms with E-state index in [4.69, 9.17) is 15.2 Å². The molecule has 144 valence electrons. The van der Waals surface area contributed by atoms with Crippen LogP contribution in [0.2, 0.25) is 0 Å². The monoisotopic (exact) mass is 400 g/mol. The lowest BCUT2D eigenvalue weighted by Gasteiger charge is -2.29. The molecule has 0 spiro atoms. The number of nitrogens with one attached hydrogen (secondary N) is 1. The van der Waals surface area contributed by atoms with Gasteiger partial charge in [-0.25, -0.2) is 4.98 Å². The number of carbonyl (C=O) groups is 1. The third kappa shape index (κ3) is 3.78. The largest absolute Gasteiger partial charge is 0.480 e. The van der Waals surface area contributed by atoms with E-state index in [0.29, 0.717) is 29.0 Å². The molecule has 1 fully saturated rings. The summed E-state index contributed by atoms with van der Waals surface area (Å²) in [5, 5.41) is 3.91. The van der Waals surface area contributed by atoms with Gasteiger partial charge in [0.05, 0.1) is 22.9 Å². The van der Waals surface area contributed by atoms with Gasteiger partial charge in [0.15, 0.2) is 5.82 Å². The topological polar surface area (TPSA) is 99.4 Å². The van der Waals surface area contributed by atoms with E-state index >= 15 is 0 Å². The quantitative estimate of drug-likeness (QED) is 0.740. The van der Waals surface area contributed by atoms with Gasteiger partial charge >= 0.3 is 0 Å². The molecule has 3 N–H and O–H groups in total. The molecule has 2 aromatic heterocycles. The number of aryl methyl sites for hydroxylation is 1. The minimum Gasteiger partial charge on any atom is -0.480 e. The second-order valence-corrected chi connectivity index (χ2v) is 7.67. The van der Waals surface area contributed by atoms with Gasteiger partial charge < -0.3 is 20.5 Å². The lowest BCUT2D eigenvalue weighted by molar-refractivity contribution is 0.0901. The maximum atomic E-state index is 12.9. The van der Waals surface area contributed by atoms with Crippen LogP contribution in [0, 0.1) is 12.8 Å². The lowest BCUT2D eigenvalue weighted by atomic mass is 9.95. The summed E-state index contributed by atoms with van der Waals surface area (Å²) in [6.45, 7) is 4.63. The fourth-order valence-corrected chi connectivity index (χ4v) is 4.14. The molecule has 1 aliphatic carbocycles. The number of thiophene rings is 1. The third-order valence-corrected chi connectivity index (χ3v) is 5.96. The summed E-state index contributed by atoms with van der Waals surface area (Å²) in [4.78, 5) is 23.1. The minimum atomic E-state index is -0.364. The first-order chi connectivity index (χ1) is 11.9. The van der Waals surface area contributed by atoms with Crippen molar-refractivity contribution in [3.8, 4) is 5.88 Å². The molecule has 1 aliphatic rings. The molecule has 0 radical (unpaired) electrons. The van der Waals surface area contributed by atoms with Gasteiger partial charge in [-0.1, -0.05) is 0 Å². The van der Waals surface area contributed by atoms with Gasteiger partial charge in [0, 0.05) is 13.7 Å². The molecule has 2 heterocycles. The molecule has 1 atom stereocenters. The van der Waals surface area contributed by atoms with E-state index in [0.717, 1.165) is 28.6 Å². The van der Waals surface area contributed by atoms with Crippen LogP contribution in [0.15, 0.2) is 0 Å². The standard InChI is InChI=1S/C17H24N4O3S.ClH/c1-9-12-15(24-4)19-11(7-23-3)20-16(12)25-13(9)14(22)21-17(2,8-18)10-5-6-10;/h10H,5-8,18H2,1-4H3,(H,21,22);1H. The molecule has 2 aromatic rings. The molecule has 0 bridgehead atoms. The minimum absolute atomic E-state index is 0. The number of amides is 1. The highest BCUT2D eigenvalue weighted by atomic mass is 35.5. The fourth-order valence-electron chi connectivity index (χ4n) is 3.06. The van der Waals surface area contributed by atoms with Gasteiger partial charge in [-0.15, -0.1) is 23.7 Å². The Balaban J connectivity index is 0.00000243. The van der Waals surface area contributed by atoms with E-state index in [-0.39, 0.29) is 30.5 Å². The first-order valence-electron chi connectivity index (χ1n) is 8.29. The summed E-state index contributed by atoms with van der Waals surface area (Å²) in [5.74, 6) is 1.34. The van der Waals surface area contributed by atoms with Crippen molar-refractivity contribution in [1.82, 2.24) is 15.3 Å². The first-order valence-corrected chi connectivity index (χ1v) is 9.10. The number of fused-ring (bicyclic) bond motifs is 1. The molecule has 1 saturated carbocycles.